The number of ketones is 1. The van der Waals surface area contributed by atoms with Crippen molar-refractivity contribution >= 4 is 50.4 Å². The van der Waals surface area contributed by atoms with E-state index in [-0.39, 0.29) is 22.3 Å². The first kappa shape index (κ1) is 15.6. The van der Waals surface area contributed by atoms with E-state index in [0.717, 1.165) is 9.86 Å². The Morgan fingerprint density at radius 2 is 1.96 bits per heavy atom. The molecule has 3 aromatic rings. The van der Waals surface area contributed by atoms with E-state index in [2.05, 4.69) is 15.9 Å². The molecule has 0 aliphatic heterocycles. The van der Waals surface area contributed by atoms with Gasteiger partial charge in [0.05, 0.1) is 5.02 Å². The Balaban J connectivity index is 1.88. The van der Waals surface area contributed by atoms with Gasteiger partial charge in [0.1, 0.15) is 5.58 Å². The van der Waals surface area contributed by atoms with Crippen LogP contribution in [0.25, 0.3) is 17.0 Å². The lowest BCUT2D eigenvalue weighted by Crippen LogP contribution is -1.90. The van der Waals surface area contributed by atoms with E-state index in [4.69, 9.17) is 16.0 Å². The number of phenols is 2. The zero-order chi connectivity index (χ0) is 16.6. The van der Waals surface area contributed by atoms with Crippen LogP contribution in [0, 0.1) is 0 Å². The summed E-state index contributed by atoms with van der Waals surface area (Å²) in [7, 11) is 0. The van der Waals surface area contributed by atoms with E-state index in [1.54, 1.807) is 12.1 Å². The van der Waals surface area contributed by atoms with Gasteiger partial charge >= 0.3 is 0 Å². The summed E-state index contributed by atoms with van der Waals surface area (Å²) >= 11 is 9.13. The van der Waals surface area contributed by atoms with Gasteiger partial charge in [-0.15, -0.1) is 0 Å². The molecule has 0 saturated heterocycles. The Kier molecular flexibility index (Phi) is 4.15. The number of aromatic hydroxyl groups is 2. The van der Waals surface area contributed by atoms with E-state index in [0.29, 0.717) is 11.1 Å². The molecule has 4 nitrogen and oxygen atoms in total. The van der Waals surface area contributed by atoms with Crippen molar-refractivity contribution in [2.24, 2.45) is 0 Å². The summed E-state index contributed by atoms with van der Waals surface area (Å²) in [5.74, 6) is -0.847. The number of rotatable bonds is 3. The smallest absolute Gasteiger partial charge is 0.221 e. The maximum atomic E-state index is 12.2. The number of furan rings is 1. The number of carbonyl (C=O) groups is 1. The first-order chi connectivity index (χ1) is 10.9. The molecule has 0 saturated carbocycles. The minimum Gasteiger partial charge on any atom is -0.504 e. The second-order valence-electron chi connectivity index (χ2n) is 4.86. The maximum absolute atomic E-state index is 12.2. The molecular weight excluding hydrogens is 384 g/mol. The molecule has 2 aromatic carbocycles. The number of hydrogen-bond acceptors (Lipinski definition) is 4. The van der Waals surface area contributed by atoms with Crippen molar-refractivity contribution in [3.63, 3.8) is 0 Å². The molecule has 3 rings (SSSR count). The molecular formula is C17H10BrClO4. The van der Waals surface area contributed by atoms with Crippen LogP contribution < -0.4 is 0 Å². The molecule has 23 heavy (non-hydrogen) atoms. The molecule has 0 amide bonds. The maximum Gasteiger partial charge on any atom is 0.221 e. The highest BCUT2D eigenvalue weighted by atomic mass is 79.9. The van der Waals surface area contributed by atoms with Crippen LogP contribution in [0.4, 0.5) is 0 Å². The number of fused-ring (bicyclic) bond motifs is 1. The number of allylic oxidation sites excluding steroid dienone is 1. The SMILES string of the molecule is O=C(/C=C/c1cc(O)c(O)c(Cl)c1)c1cc2cc(Br)ccc2o1. The summed E-state index contributed by atoms with van der Waals surface area (Å²) in [5.41, 5.74) is 1.10. The predicted octanol–water partition coefficient (Wildman–Crippen LogP) is 5.16. The second kappa shape index (κ2) is 6.10. The highest BCUT2D eigenvalue weighted by Crippen LogP contribution is 2.34. The minimum atomic E-state index is -0.391. The third-order valence-electron chi connectivity index (χ3n) is 3.21. The highest BCUT2D eigenvalue weighted by Gasteiger charge is 2.10. The Bertz CT molecular complexity index is 920. The summed E-state index contributed by atoms with van der Waals surface area (Å²) in [6.07, 6.45) is 2.80. The molecule has 0 fully saturated rings. The van der Waals surface area contributed by atoms with Crippen molar-refractivity contribution < 1.29 is 19.4 Å². The summed E-state index contributed by atoms with van der Waals surface area (Å²) in [4.78, 5) is 12.2. The molecule has 1 heterocycles. The van der Waals surface area contributed by atoms with E-state index in [1.807, 2.05) is 12.1 Å². The van der Waals surface area contributed by atoms with E-state index >= 15 is 0 Å². The number of phenolic OH excluding ortho intramolecular Hbond substituents is 2. The van der Waals surface area contributed by atoms with Crippen LogP contribution in [0.1, 0.15) is 16.1 Å². The molecule has 0 unspecified atom stereocenters. The molecule has 6 heteroatoms. The van der Waals surface area contributed by atoms with Gasteiger partial charge in [-0.05, 0) is 48.0 Å². The Morgan fingerprint density at radius 3 is 2.70 bits per heavy atom. The molecule has 0 aliphatic rings. The zero-order valence-corrected chi connectivity index (χ0v) is 13.9. The van der Waals surface area contributed by atoms with Crippen molar-refractivity contribution in [3.05, 3.63) is 63.3 Å². The van der Waals surface area contributed by atoms with Gasteiger partial charge in [-0.2, -0.15) is 0 Å². The molecule has 1 aromatic heterocycles. The van der Waals surface area contributed by atoms with Gasteiger partial charge in [0, 0.05) is 9.86 Å². The average molecular weight is 394 g/mol. The Morgan fingerprint density at radius 1 is 1.17 bits per heavy atom. The normalized spacial score (nSPS) is 11.4. The van der Waals surface area contributed by atoms with Crippen molar-refractivity contribution in [1.82, 2.24) is 0 Å². The van der Waals surface area contributed by atoms with Crippen LogP contribution in [-0.4, -0.2) is 16.0 Å². The second-order valence-corrected chi connectivity index (χ2v) is 6.18. The topological polar surface area (TPSA) is 70.7 Å². The number of benzene rings is 2. The molecule has 0 aliphatic carbocycles. The highest BCUT2D eigenvalue weighted by molar-refractivity contribution is 9.10. The monoisotopic (exact) mass is 392 g/mol. The van der Waals surface area contributed by atoms with Crippen LogP contribution in [-0.2, 0) is 0 Å². The molecule has 0 radical (unpaired) electrons. The minimum absolute atomic E-state index is 0.00527. The standard InChI is InChI=1S/C17H10BrClO4/c18-11-2-4-15-10(7-11)8-16(23-15)13(20)3-1-9-5-12(19)17(22)14(21)6-9/h1-8,21-22H/b3-1+. The fraction of sp³-hybridized carbons (Fsp3) is 0. The molecule has 116 valence electrons. The van der Waals surface area contributed by atoms with E-state index in [1.165, 1.54) is 24.3 Å². The molecule has 0 bridgehead atoms. The van der Waals surface area contributed by atoms with Crippen molar-refractivity contribution in [3.8, 4) is 11.5 Å². The molecule has 0 atom stereocenters. The van der Waals surface area contributed by atoms with Crippen LogP contribution in [0.2, 0.25) is 5.02 Å². The van der Waals surface area contributed by atoms with Crippen molar-refractivity contribution in [2.75, 3.05) is 0 Å². The van der Waals surface area contributed by atoms with Gasteiger partial charge in [-0.3, -0.25) is 4.79 Å². The van der Waals surface area contributed by atoms with Crippen LogP contribution in [0.5, 0.6) is 11.5 Å². The zero-order valence-electron chi connectivity index (χ0n) is 11.6. The number of hydrogen-bond donors (Lipinski definition) is 2. The largest absolute Gasteiger partial charge is 0.504 e. The van der Waals surface area contributed by atoms with E-state index in [9.17, 15) is 15.0 Å². The van der Waals surface area contributed by atoms with Crippen molar-refractivity contribution in [2.45, 2.75) is 0 Å². The first-order valence-electron chi connectivity index (χ1n) is 6.57. The van der Waals surface area contributed by atoms with Crippen molar-refractivity contribution in [1.29, 1.82) is 0 Å². The third kappa shape index (κ3) is 3.25. The van der Waals surface area contributed by atoms with Gasteiger partial charge in [0.15, 0.2) is 17.3 Å². The summed E-state index contributed by atoms with van der Waals surface area (Å²) in [6, 6.07) is 9.87. The predicted molar refractivity (Wildman–Crippen MR) is 92.1 cm³/mol. The van der Waals surface area contributed by atoms with Crippen LogP contribution in [0.3, 0.4) is 0 Å². The van der Waals surface area contributed by atoms with Crippen LogP contribution in [0.15, 0.2) is 51.4 Å². The lowest BCUT2D eigenvalue weighted by Gasteiger charge is -2.01. The van der Waals surface area contributed by atoms with Crippen LogP contribution >= 0.6 is 27.5 Å². The third-order valence-corrected chi connectivity index (χ3v) is 4.00. The fourth-order valence-corrected chi connectivity index (χ4v) is 2.69. The number of carbonyl (C=O) groups excluding carboxylic acids is 1. The summed E-state index contributed by atoms with van der Waals surface area (Å²) in [5, 5.41) is 19.7. The lowest BCUT2D eigenvalue weighted by molar-refractivity contribution is 0.102. The number of halogens is 2. The van der Waals surface area contributed by atoms with Gasteiger partial charge in [-0.1, -0.05) is 33.6 Å². The first-order valence-corrected chi connectivity index (χ1v) is 7.74. The quantitative estimate of drug-likeness (QED) is 0.366. The van der Waals surface area contributed by atoms with Gasteiger partial charge < -0.3 is 14.6 Å². The Hall–Kier alpha value is -2.24. The van der Waals surface area contributed by atoms with Gasteiger partial charge in [-0.25, -0.2) is 0 Å². The average Bonchev–Trinajstić information content (AvgIpc) is 2.93. The van der Waals surface area contributed by atoms with Gasteiger partial charge in [0.25, 0.3) is 0 Å². The summed E-state index contributed by atoms with van der Waals surface area (Å²) < 4.78 is 6.40. The fourth-order valence-electron chi connectivity index (χ4n) is 2.09. The lowest BCUT2D eigenvalue weighted by atomic mass is 10.1. The van der Waals surface area contributed by atoms with E-state index < -0.39 is 5.75 Å². The van der Waals surface area contributed by atoms with Gasteiger partial charge in [0.2, 0.25) is 5.78 Å². The molecule has 2 N–H and O–H groups in total. The summed E-state index contributed by atoms with van der Waals surface area (Å²) in [6.45, 7) is 0. The Labute approximate surface area is 144 Å². The molecule has 0 spiro atoms.